The lowest BCUT2D eigenvalue weighted by Crippen LogP contribution is -2.19. The van der Waals surface area contributed by atoms with Crippen molar-refractivity contribution < 1.29 is 9.21 Å². The molecule has 2 aromatic carbocycles. The number of aliphatic imine (C=N–C) groups is 1. The second kappa shape index (κ2) is 7.70. The zero-order valence-electron chi connectivity index (χ0n) is 15.3. The summed E-state index contributed by atoms with van der Waals surface area (Å²) in [6.45, 7) is 4.05. The van der Waals surface area contributed by atoms with Gasteiger partial charge < -0.3 is 9.73 Å². The van der Waals surface area contributed by atoms with Gasteiger partial charge >= 0.3 is 0 Å². The predicted octanol–water partition coefficient (Wildman–Crippen LogP) is 6.11. The maximum atomic E-state index is 12.3. The van der Waals surface area contributed by atoms with Gasteiger partial charge in [0.25, 0.3) is 5.91 Å². The van der Waals surface area contributed by atoms with Crippen LogP contribution in [0.4, 0.5) is 5.69 Å². The first-order chi connectivity index (χ1) is 13.5. The molecule has 0 saturated carbocycles. The van der Waals surface area contributed by atoms with Crippen LogP contribution in [0.5, 0.6) is 0 Å². The first kappa shape index (κ1) is 18.6. The van der Waals surface area contributed by atoms with Crippen LogP contribution in [0, 0.1) is 13.8 Å². The minimum atomic E-state index is -0.186. The summed E-state index contributed by atoms with van der Waals surface area (Å²) in [5, 5.41) is 4.01. The first-order valence-electron chi connectivity index (χ1n) is 8.70. The molecule has 0 bridgehead atoms. The largest absolute Gasteiger partial charge is 0.457 e. The number of hydrogen-bond acceptors (Lipinski definition) is 4. The van der Waals surface area contributed by atoms with E-state index in [4.69, 9.17) is 16.0 Å². The first-order valence-corrected chi connectivity index (χ1v) is 9.89. The minimum Gasteiger partial charge on any atom is -0.457 e. The predicted molar refractivity (Wildman–Crippen MR) is 116 cm³/mol. The van der Waals surface area contributed by atoms with Gasteiger partial charge in [0.05, 0.1) is 10.6 Å². The molecule has 1 aliphatic rings. The third kappa shape index (κ3) is 4.21. The van der Waals surface area contributed by atoms with Crippen molar-refractivity contribution in [2.75, 3.05) is 0 Å². The van der Waals surface area contributed by atoms with E-state index in [1.165, 1.54) is 11.8 Å². The zero-order valence-corrected chi connectivity index (χ0v) is 16.9. The minimum absolute atomic E-state index is 0.186. The normalized spacial score (nSPS) is 16.8. The van der Waals surface area contributed by atoms with Gasteiger partial charge in [0.15, 0.2) is 5.17 Å². The smallest absolute Gasteiger partial charge is 0.264 e. The van der Waals surface area contributed by atoms with E-state index in [2.05, 4.69) is 16.4 Å². The number of nitrogens with one attached hydrogen (secondary N) is 1. The Bertz CT molecular complexity index is 1110. The number of nitrogens with zero attached hydrogens (tertiary/aromatic N) is 1. The van der Waals surface area contributed by atoms with Crippen LogP contribution in [-0.4, -0.2) is 11.1 Å². The van der Waals surface area contributed by atoms with Crippen molar-refractivity contribution in [1.82, 2.24) is 5.32 Å². The third-order valence-corrected chi connectivity index (χ3v) is 5.24. The van der Waals surface area contributed by atoms with Gasteiger partial charge in [-0.1, -0.05) is 29.8 Å². The summed E-state index contributed by atoms with van der Waals surface area (Å²) < 4.78 is 5.85. The molecule has 140 valence electrons. The summed E-state index contributed by atoms with van der Waals surface area (Å²) in [5.41, 5.74) is 3.97. The van der Waals surface area contributed by atoms with E-state index >= 15 is 0 Å². The molecule has 1 amide bonds. The number of carbonyl (C=O) groups is 1. The molecule has 2 heterocycles. The van der Waals surface area contributed by atoms with E-state index in [-0.39, 0.29) is 5.91 Å². The highest BCUT2D eigenvalue weighted by atomic mass is 35.5. The second-order valence-electron chi connectivity index (χ2n) is 6.54. The number of halogens is 1. The van der Waals surface area contributed by atoms with Gasteiger partial charge in [-0.25, -0.2) is 4.99 Å². The van der Waals surface area contributed by atoms with Crippen LogP contribution >= 0.6 is 23.4 Å². The van der Waals surface area contributed by atoms with Gasteiger partial charge in [-0.05, 0) is 73.1 Å². The van der Waals surface area contributed by atoms with Gasteiger partial charge in [0.1, 0.15) is 11.5 Å². The van der Waals surface area contributed by atoms with Gasteiger partial charge in [0, 0.05) is 16.7 Å². The van der Waals surface area contributed by atoms with Crippen LogP contribution in [0.1, 0.15) is 16.9 Å². The Labute approximate surface area is 172 Å². The molecule has 1 aliphatic heterocycles. The second-order valence-corrected chi connectivity index (χ2v) is 8.01. The molecule has 0 atom stereocenters. The SMILES string of the molecule is Cc1cc(C)cc(N=C2NC(=O)/C(=C\c3ccc(-c4cccc(Cl)c4)o3)S2)c1. The highest BCUT2D eigenvalue weighted by molar-refractivity contribution is 8.18. The number of amidine groups is 1. The molecule has 1 fully saturated rings. The number of carbonyl (C=O) groups excluding carboxylic acids is 1. The van der Waals surface area contributed by atoms with Crippen LogP contribution in [-0.2, 0) is 4.79 Å². The summed E-state index contributed by atoms with van der Waals surface area (Å²) in [4.78, 5) is 17.4. The number of hydrogen-bond donors (Lipinski definition) is 1. The summed E-state index contributed by atoms with van der Waals surface area (Å²) >= 11 is 7.33. The summed E-state index contributed by atoms with van der Waals surface area (Å²) in [6.07, 6.45) is 1.72. The average Bonchev–Trinajstić information content (AvgIpc) is 3.21. The molecule has 4 rings (SSSR count). The topological polar surface area (TPSA) is 54.6 Å². The Hall–Kier alpha value is -2.76. The Kier molecular flexibility index (Phi) is 5.11. The molecule has 6 heteroatoms. The maximum absolute atomic E-state index is 12.3. The lowest BCUT2D eigenvalue weighted by Gasteiger charge is -2.00. The van der Waals surface area contributed by atoms with Crippen molar-refractivity contribution in [2.45, 2.75) is 13.8 Å². The lowest BCUT2D eigenvalue weighted by atomic mass is 10.1. The van der Waals surface area contributed by atoms with Gasteiger partial charge in [-0.2, -0.15) is 0 Å². The molecule has 1 aromatic heterocycles. The van der Waals surface area contributed by atoms with E-state index in [0.29, 0.717) is 26.6 Å². The molecule has 0 radical (unpaired) electrons. The van der Waals surface area contributed by atoms with Crippen LogP contribution < -0.4 is 5.32 Å². The zero-order chi connectivity index (χ0) is 19.7. The van der Waals surface area contributed by atoms with Crippen molar-refractivity contribution in [3.8, 4) is 11.3 Å². The standard InChI is InChI=1S/C22H17ClN2O2S/c1-13-8-14(2)10-17(9-13)24-22-25-21(26)20(28-22)12-18-6-7-19(27-18)15-4-3-5-16(23)11-15/h3-12H,1-2H3,(H,24,25,26)/b20-12+. The molecule has 1 saturated heterocycles. The molecule has 1 N–H and O–H groups in total. The summed E-state index contributed by atoms with van der Waals surface area (Å²) in [5.74, 6) is 1.11. The number of amides is 1. The average molecular weight is 409 g/mol. The van der Waals surface area contributed by atoms with E-state index in [1.807, 2.05) is 62.4 Å². The third-order valence-electron chi connectivity index (χ3n) is 4.10. The monoisotopic (exact) mass is 408 g/mol. The molecular formula is C22H17ClN2O2S. The van der Waals surface area contributed by atoms with E-state index in [0.717, 1.165) is 22.4 Å². The van der Waals surface area contributed by atoms with Gasteiger partial charge in [-0.15, -0.1) is 0 Å². The highest BCUT2D eigenvalue weighted by Gasteiger charge is 2.24. The van der Waals surface area contributed by atoms with Crippen LogP contribution in [0.3, 0.4) is 0 Å². The maximum Gasteiger partial charge on any atom is 0.264 e. The lowest BCUT2D eigenvalue weighted by molar-refractivity contribution is -0.115. The van der Waals surface area contributed by atoms with Gasteiger partial charge in [0.2, 0.25) is 0 Å². The van der Waals surface area contributed by atoms with Crippen molar-refractivity contribution >= 4 is 46.2 Å². The molecule has 3 aromatic rings. The van der Waals surface area contributed by atoms with E-state index in [9.17, 15) is 4.79 Å². The molecule has 0 unspecified atom stereocenters. The van der Waals surface area contributed by atoms with Crippen LogP contribution in [0.2, 0.25) is 5.02 Å². The highest BCUT2D eigenvalue weighted by Crippen LogP contribution is 2.31. The molecule has 28 heavy (non-hydrogen) atoms. The fourth-order valence-electron chi connectivity index (χ4n) is 2.97. The number of thioether (sulfide) groups is 1. The number of rotatable bonds is 3. The van der Waals surface area contributed by atoms with Crippen LogP contribution in [0.25, 0.3) is 17.4 Å². The van der Waals surface area contributed by atoms with Gasteiger partial charge in [-0.3, -0.25) is 4.79 Å². The molecule has 0 spiro atoms. The molecular weight excluding hydrogens is 392 g/mol. The van der Waals surface area contributed by atoms with E-state index < -0.39 is 0 Å². The molecule has 4 nitrogen and oxygen atoms in total. The number of aryl methyl sites for hydroxylation is 2. The summed E-state index contributed by atoms with van der Waals surface area (Å²) in [7, 11) is 0. The van der Waals surface area contributed by atoms with Crippen molar-refractivity contribution in [1.29, 1.82) is 0 Å². The fourth-order valence-corrected chi connectivity index (χ4v) is 3.98. The summed E-state index contributed by atoms with van der Waals surface area (Å²) in [6, 6.07) is 17.2. The Morgan fingerprint density at radius 3 is 2.61 bits per heavy atom. The quantitative estimate of drug-likeness (QED) is 0.532. The Morgan fingerprint density at radius 1 is 1.07 bits per heavy atom. The van der Waals surface area contributed by atoms with Crippen LogP contribution in [0.15, 0.2) is 68.9 Å². The number of furan rings is 1. The van der Waals surface area contributed by atoms with Crippen molar-refractivity contribution in [3.63, 3.8) is 0 Å². The molecule has 0 aliphatic carbocycles. The van der Waals surface area contributed by atoms with E-state index in [1.54, 1.807) is 6.08 Å². The van der Waals surface area contributed by atoms with Crippen molar-refractivity contribution in [2.24, 2.45) is 4.99 Å². The number of benzene rings is 2. The Balaban J connectivity index is 1.56. The Morgan fingerprint density at radius 2 is 1.86 bits per heavy atom. The van der Waals surface area contributed by atoms with Crippen molar-refractivity contribution in [3.05, 3.63) is 81.4 Å². The fraction of sp³-hybridized carbons (Fsp3) is 0.0909.